The maximum Gasteiger partial charge on any atom is 0.194 e. The van der Waals surface area contributed by atoms with Crippen molar-refractivity contribution >= 4 is 15.9 Å². The summed E-state index contributed by atoms with van der Waals surface area (Å²) in [5, 5.41) is 22.1. The molecule has 82 valence electrons. The molecule has 5 heteroatoms. The second-order valence-electron chi connectivity index (χ2n) is 3.60. The fourth-order valence-electron chi connectivity index (χ4n) is 1.87. The molecule has 0 spiro atoms. The molecule has 3 N–H and O–H groups in total. The first kappa shape index (κ1) is 10.7. The van der Waals surface area contributed by atoms with E-state index in [0.717, 1.165) is 19.4 Å². The van der Waals surface area contributed by atoms with Gasteiger partial charge in [-0.05, 0) is 25.5 Å². The van der Waals surface area contributed by atoms with Crippen LogP contribution in [0.2, 0.25) is 0 Å². The molecule has 1 fully saturated rings. The van der Waals surface area contributed by atoms with E-state index in [1.54, 1.807) is 0 Å². The third-order valence-electron chi connectivity index (χ3n) is 2.63. The lowest BCUT2D eigenvalue weighted by atomic mass is 10.0. The van der Waals surface area contributed by atoms with Crippen LogP contribution in [0.5, 0.6) is 11.5 Å². The molecule has 15 heavy (non-hydrogen) atoms. The summed E-state index contributed by atoms with van der Waals surface area (Å²) in [4.78, 5) is 0. The van der Waals surface area contributed by atoms with Gasteiger partial charge < -0.3 is 15.5 Å². The Balaban J connectivity index is 2.50. The molecule has 3 nitrogen and oxygen atoms in total. The van der Waals surface area contributed by atoms with Gasteiger partial charge in [0.2, 0.25) is 0 Å². The molecule has 1 saturated heterocycles. The van der Waals surface area contributed by atoms with Crippen LogP contribution >= 0.6 is 15.9 Å². The van der Waals surface area contributed by atoms with E-state index in [4.69, 9.17) is 0 Å². The van der Waals surface area contributed by atoms with Crippen molar-refractivity contribution in [2.45, 2.75) is 18.9 Å². The van der Waals surface area contributed by atoms with E-state index in [9.17, 15) is 14.6 Å². The standard InChI is InChI=1S/C10H11BrFNO2/c11-5-4-6(12)9(14)10(15)8(5)7-2-1-3-13-7/h4,7,13-15H,1-3H2. The molecule has 1 aromatic carbocycles. The van der Waals surface area contributed by atoms with E-state index in [0.29, 0.717) is 10.0 Å². The second-order valence-corrected chi connectivity index (χ2v) is 4.45. The molecule has 1 aliphatic heterocycles. The third kappa shape index (κ3) is 1.81. The minimum Gasteiger partial charge on any atom is -0.504 e. The number of hydrogen-bond acceptors (Lipinski definition) is 3. The summed E-state index contributed by atoms with van der Waals surface area (Å²) in [6.07, 6.45) is 1.88. The Morgan fingerprint density at radius 3 is 2.73 bits per heavy atom. The van der Waals surface area contributed by atoms with Gasteiger partial charge >= 0.3 is 0 Å². The van der Waals surface area contributed by atoms with Crippen molar-refractivity contribution in [1.82, 2.24) is 5.32 Å². The summed E-state index contributed by atoms with van der Waals surface area (Å²) in [6.45, 7) is 0.870. The Kier molecular flexibility index (Phi) is 2.84. The van der Waals surface area contributed by atoms with E-state index in [-0.39, 0.29) is 11.8 Å². The molecule has 0 bridgehead atoms. The number of phenolic OH excluding ortho intramolecular Hbond substituents is 2. The molecule has 1 aliphatic rings. The Hall–Kier alpha value is -0.810. The monoisotopic (exact) mass is 275 g/mol. The number of hydrogen-bond donors (Lipinski definition) is 3. The summed E-state index contributed by atoms with van der Waals surface area (Å²) in [5.74, 6) is -1.87. The van der Waals surface area contributed by atoms with Crippen LogP contribution in [-0.4, -0.2) is 16.8 Å². The molecule has 1 aromatic rings. The van der Waals surface area contributed by atoms with Crippen LogP contribution in [0.4, 0.5) is 4.39 Å². The molecule has 0 amide bonds. The first-order valence-corrected chi connectivity index (χ1v) is 5.53. The van der Waals surface area contributed by atoms with Gasteiger partial charge in [0.05, 0.1) is 0 Å². The molecule has 0 saturated carbocycles. The highest BCUT2D eigenvalue weighted by atomic mass is 79.9. The third-order valence-corrected chi connectivity index (χ3v) is 3.28. The highest BCUT2D eigenvalue weighted by Crippen LogP contribution is 2.42. The van der Waals surface area contributed by atoms with Gasteiger partial charge in [-0.2, -0.15) is 0 Å². The summed E-state index contributed by atoms with van der Waals surface area (Å²) >= 11 is 3.19. The molecular formula is C10H11BrFNO2. The topological polar surface area (TPSA) is 52.5 Å². The smallest absolute Gasteiger partial charge is 0.194 e. The molecule has 0 aliphatic carbocycles. The maximum atomic E-state index is 13.0. The predicted octanol–water partition coefficient (Wildman–Crippen LogP) is 2.42. The minimum atomic E-state index is -0.818. The van der Waals surface area contributed by atoms with Crippen molar-refractivity contribution in [3.05, 3.63) is 21.9 Å². The Bertz CT molecular complexity index is 391. The highest BCUT2D eigenvalue weighted by molar-refractivity contribution is 9.10. The van der Waals surface area contributed by atoms with Gasteiger partial charge in [-0.25, -0.2) is 4.39 Å². The zero-order chi connectivity index (χ0) is 11.0. The Labute approximate surface area is 95.1 Å². The van der Waals surface area contributed by atoms with Gasteiger partial charge in [0.1, 0.15) is 0 Å². The van der Waals surface area contributed by atoms with E-state index in [1.165, 1.54) is 6.07 Å². The van der Waals surface area contributed by atoms with E-state index in [2.05, 4.69) is 21.2 Å². The average Bonchev–Trinajstić information content (AvgIpc) is 2.68. The zero-order valence-corrected chi connectivity index (χ0v) is 9.51. The maximum absolute atomic E-state index is 13.0. The highest BCUT2D eigenvalue weighted by Gasteiger charge is 2.25. The van der Waals surface area contributed by atoms with Crippen LogP contribution in [0.1, 0.15) is 24.4 Å². The second kappa shape index (κ2) is 3.98. The van der Waals surface area contributed by atoms with E-state index < -0.39 is 11.6 Å². The lowest BCUT2D eigenvalue weighted by molar-refractivity contribution is 0.370. The van der Waals surface area contributed by atoms with Crippen LogP contribution in [-0.2, 0) is 0 Å². The molecule has 2 rings (SSSR count). The fraction of sp³-hybridized carbons (Fsp3) is 0.400. The first-order valence-electron chi connectivity index (χ1n) is 4.74. The number of halogens is 2. The summed E-state index contributed by atoms with van der Waals surface area (Å²) in [7, 11) is 0. The first-order chi connectivity index (χ1) is 7.11. The largest absolute Gasteiger partial charge is 0.504 e. The predicted molar refractivity (Wildman–Crippen MR) is 57.4 cm³/mol. The van der Waals surface area contributed by atoms with Gasteiger partial charge in [0.15, 0.2) is 17.3 Å². The van der Waals surface area contributed by atoms with Crippen molar-refractivity contribution in [3.8, 4) is 11.5 Å². The molecule has 1 heterocycles. The molecule has 0 radical (unpaired) electrons. The summed E-state index contributed by atoms with van der Waals surface area (Å²) < 4.78 is 13.5. The molecule has 1 unspecified atom stereocenters. The van der Waals surface area contributed by atoms with Crippen molar-refractivity contribution in [2.75, 3.05) is 6.54 Å². The van der Waals surface area contributed by atoms with Crippen LogP contribution in [0.15, 0.2) is 10.5 Å². The SMILES string of the molecule is Oc1c(F)cc(Br)c(C2CCCN2)c1O. The minimum absolute atomic E-state index is 0.0223. The van der Waals surface area contributed by atoms with Gasteiger partial charge in [-0.1, -0.05) is 15.9 Å². The van der Waals surface area contributed by atoms with Gasteiger partial charge in [0.25, 0.3) is 0 Å². The lowest BCUT2D eigenvalue weighted by Crippen LogP contribution is -2.13. The Morgan fingerprint density at radius 2 is 2.13 bits per heavy atom. The van der Waals surface area contributed by atoms with Crippen LogP contribution in [0.25, 0.3) is 0 Å². The van der Waals surface area contributed by atoms with Crippen LogP contribution in [0, 0.1) is 5.82 Å². The lowest BCUT2D eigenvalue weighted by Gasteiger charge is -2.15. The van der Waals surface area contributed by atoms with Crippen molar-refractivity contribution in [2.24, 2.45) is 0 Å². The quantitative estimate of drug-likeness (QED) is 0.690. The van der Waals surface area contributed by atoms with Crippen molar-refractivity contribution in [3.63, 3.8) is 0 Å². The van der Waals surface area contributed by atoms with Crippen LogP contribution in [0.3, 0.4) is 0 Å². The number of phenols is 2. The Morgan fingerprint density at radius 1 is 1.40 bits per heavy atom. The van der Waals surface area contributed by atoms with Gasteiger partial charge in [-0.15, -0.1) is 0 Å². The van der Waals surface area contributed by atoms with E-state index >= 15 is 0 Å². The number of nitrogens with one attached hydrogen (secondary N) is 1. The van der Waals surface area contributed by atoms with Crippen molar-refractivity contribution < 1.29 is 14.6 Å². The van der Waals surface area contributed by atoms with E-state index in [1.807, 2.05) is 0 Å². The van der Waals surface area contributed by atoms with Crippen molar-refractivity contribution in [1.29, 1.82) is 0 Å². The zero-order valence-electron chi connectivity index (χ0n) is 7.93. The number of benzene rings is 1. The van der Waals surface area contributed by atoms with Gasteiger partial charge in [-0.3, -0.25) is 0 Å². The average molecular weight is 276 g/mol. The molecular weight excluding hydrogens is 265 g/mol. The van der Waals surface area contributed by atoms with Crippen LogP contribution < -0.4 is 5.32 Å². The normalized spacial score (nSPS) is 20.8. The number of rotatable bonds is 1. The number of aromatic hydroxyl groups is 2. The molecule has 0 aromatic heterocycles. The fourth-order valence-corrected chi connectivity index (χ4v) is 2.54. The van der Waals surface area contributed by atoms with Gasteiger partial charge in [0, 0.05) is 16.1 Å². The molecule has 1 atom stereocenters. The summed E-state index contributed by atoms with van der Waals surface area (Å²) in [6, 6.07) is 1.15. The summed E-state index contributed by atoms with van der Waals surface area (Å²) in [5.41, 5.74) is 0.534.